The third kappa shape index (κ3) is 7.60. The summed E-state index contributed by atoms with van der Waals surface area (Å²) >= 11 is 0. The molecule has 0 radical (unpaired) electrons. The average molecular weight is 476 g/mol. The highest BCUT2D eigenvalue weighted by Crippen LogP contribution is 2.50. The second-order valence-electron chi connectivity index (χ2n) is 8.68. The molecule has 2 atom stereocenters. The number of anilines is 1. The zero-order valence-corrected chi connectivity index (χ0v) is 22.1. The summed E-state index contributed by atoms with van der Waals surface area (Å²) in [6.07, 6.45) is 2.83. The molecule has 5 nitrogen and oxygen atoms in total. The molecule has 0 saturated carbocycles. The van der Waals surface area contributed by atoms with E-state index < -0.39 is 7.60 Å². The van der Waals surface area contributed by atoms with E-state index in [-0.39, 0.29) is 18.1 Å². The maximum atomic E-state index is 13.5. The molecule has 0 bridgehead atoms. The van der Waals surface area contributed by atoms with Crippen LogP contribution in [0, 0.1) is 0 Å². The van der Waals surface area contributed by atoms with Crippen LogP contribution in [0.5, 0.6) is 5.75 Å². The Morgan fingerprint density at radius 2 is 1.42 bits per heavy atom. The smallest absolute Gasteiger partial charge is 0.349 e. The summed E-state index contributed by atoms with van der Waals surface area (Å²) in [6, 6.07) is 14.4. The Bertz CT molecular complexity index is 861. The molecule has 2 aromatic rings. The Morgan fingerprint density at radius 3 is 1.88 bits per heavy atom. The summed E-state index contributed by atoms with van der Waals surface area (Å²) in [6.45, 7) is 13.5. The van der Waals surface area contributed by atoms with Crippen molar-refractivity contribution in [1.82, 2.24) is 0 Å². The molecule has 0 spiro atoms. The molecular weight excluding hydrogens is 433 g/mol. The molecule has 0 fully saturated rings. The van der Waals surface area contributed by atoms with Crippen molar-refractivity contribution in [3.8, 4) is 5.75 Å². The molecule has 0 heterocycles. The molecule has 2 aromatic carbocycles. The highest BCUT2D eigenvalue weighted by Gasteiger charge is 2.29. The first-order valence-corrected chi connectivity index (χ1v) is 14.0. The molecule has 0 aromatic heterocycles. The van der Waals surface area contributed by atoms with Crippen LogP contribution < -0.4 is 4.90 Å². The first-order chi connectivity index (χ1) is 15.8. The molecule has 0 aliphatic heterocycles. The van der Waals surface area contributed by atoms with Gasteiger partial charge in [0.2, 0.25) is 0 Å². The fourth-order valence-electron chi connectivity index (χ4n) is 3.95. The quantitative estimate of drug-likeness (QED) is 0.284. The van der Waals surface area contributed by atoms with Crippen LogP contribution in [0.1, 0.15) is 82.9 Å². The molecular formula is C27H42NO4P. The van der Waals surface area contributed by atoms with E-state index in [4.69, 9.17) is 9.05 Å². The maximum Gasteiger partial charge on any atom is 0.349 e. The lowest BCUT2D eigenvalue weighted by atomic mass is 9.89. The van der Waals surface area contributed by atoms with Crippen LogP contribution in [-0.4, -0.2) is 31.2 Å². The van der Waals surface area contributed by atoms with E-state index in [0.29, 0.717) is 25.5 Å². The third-order valence-electron chi connectivity index (χ3n) is 6.31. The fraction of sp³-hybridized carbons (Fsp3) is 0.556. The van der Waals surface area contributed by atoms with Crippen LogP contribution in [-0.2, 0) is 20.0 Å². The molecule has 6 heteroatoms. The Labute approximate surface area is 200 Å². The van der Waals surface area contributed by atoms with E-state index in [1.807, 2.05) is 32.0 Å². The summed E-state index contributed by atoms with van der Waals surface area (Å²) < 4.78 is 24.8. The van der Waals surface area contributed by atoms with Gasteiger partial charge in [-0.15, -0.1) is 0 Å². The van der Waals surface area contributed by atoms with Gasteiger partial charge < -0.3 is 19.1 Å². The minimum absolute atomic E-state index is 0.173. The SMILES string of the molecule is CCOP(=O)(CN(CCc1ccccc1)c1cc(C(C)CC)c(O)c(C(C)CC)c1)OCC. The van der Waals surface area contributed by atoms with Crippen LogP contribution in [0.15, 0.2) is 42.5 Å². The zero-order valence-electron chi connectivity index (χ0n) is 21.2. The summed E-state index contributed by atoms with van der Waals surface area (Å²) in [7, 11) is -3.30. The number of nitrogens with zero attached hydrogens (tertiary/aromatic N) is 1. The van der Waals surface area contributed by atoms with Crippen molar-refractivity contribution in [2.75, 3.05) is 30.9 Å². The molecule has 184 valence electrons. The number of aromatic hydroxyl groups is 1. The zero-order chi connectivity index (χ0) is 24.4. The van der Waals surface area contributed by atoms with Gasteiger partial charge in [0.1, 0.15) is 12.0 Å². The van der Waals surface area contributed by atoms with E-state index in [1.165, 1.54) is 5.56 Å². The Balaban J connectivity index is 2.54. The molecule has 2 unspecified atom stereocenters. The number of hydrogen-bond donors (Lipinski definition) is 1. The van der Waals surface area contributed by atoms with Gasteiger partial charge in [0.25, 0.3) is 0 Å². The van der Waals surface area contributed by atoms with Crippen LogP contribution in [0.4, 0.5) is 5.69 Å². The summed E-state index contributed by atoms with van der Waals surface area (Å²) in [4.78, 5) is 2.11. The average Bonchev–Trinajstić information content (AvgIpc) is 2.82. The summed E-state index contributed by atoms with van der Waals surface area (Å²) in [5.74, 6) is 0.826. The molecule has 0 aliphatic carbocycles. The second-order valence-corrected chi connectivity index (χ2v) is 10.7. The predicted molar refractivity (Wildman–Crippen MR) is 139 cm³/mol. The van der Waals surface area contributed by atoms with Gasteiger partial charge in [0, 0.05) is 12.2 Å². The van der Waals surface area contributed by atoms with Gasteiger partial charge in [-0.1, -0.05) is 58.0 Å². The minimum atomic E-state index is -3.30. The van der Waals surface area contributed by atoms with Gasteiger partial charge in [-0.05, 0) is 73.8 Å². The number of phenols is 1. The molecule has 1 N–H and O–H groups in total. The van der Waals surface area contributed by atoms with Crippen molar-refractivity contribution in [2.24, 2.45) is 0 Å². The number of rotatable bonds is 14. The molecule has 0 amide bonds. The van der Waals surface area contributed by atoms with Crippen molar-refractivity contribution in [1.29, 1.82) is 0 Å². The Morgan fingerprint density at radius 1 is 0.909 bits per heavy atom. The Hall–Kier alpha value is -1.81. The number of hydrogen-bond acceptors (Lipinski definition) is 5. The largest absolute Gasteiger partial charge is 0.507 e. The van der Waals surface area contributed by atoms with Crippen molar-refractivity contribution in [2.45, 2.75) is 72.6 Å². The summed E-state index contributed by atoms with van der Waals surface area (Å²) in [5.41, 5.74) is 4.05. The van der Waals surface area contributed by atoms with Gasteiger partial charge in [-0.2, -0.15) is 0 Å². The van der Waals surface area contributed by atoms with Crippen LogP contribution in [0.25, 0.3) is 0 Å². The van der Waals surface area contributed by atoms with Crippen LogP contribution in [0.3, 0.4) is 0 Å². The standard InChI is InChI=1S/C27H42NO4P/c1-7-21(5)25-18-24(19-26(27(25)29)22(6)8-2)28(17-16-23-14-12-11-13-15-23)20-33(30,31-9-3)32-10-4/h11-15,18-19,21-22,29H,7-10,16-17,20H2,1-6H3. The lowest BCUT2D eigenvalue weighted by Gasteiger charge is -2.31. The second kappa shape index (κ2) is 13.2. The monoisotopic (exact) mass is 475 g/mol. The highest BCUT2D eigenvalue weighted by molar-refractivity contribution is 7.53. The number of phenolic OH excluding ortho intramolecular Hbond substituents is 1. The highest BCUT2D eigenvalue weighted by atomic mass is 31.2. The molecule has 0 saturated heterocycles. The van der Waals surface area contributed by atoms with Crippen LogP contribution in [0.2, 0.25) is 0 Å². The van der Waals surface area contributed by atoms with Gasteiger partial charge in [-0.3, -0.25) is 4.57 Å². The van der Waals surface area contributed by atoms with Gasteiger partial charge >= 0.3 is 7.60 Å². The van der Waals surface area contributed by atoms with E-state index in [2.05, 4.69) is 56.9 Å². The maximum absolute atomic E-state index is 13.5. The van der Waals surface area contributed by atoms with E-state index in [0.717, 1.165) is 36.1 Å². The van der Waals surface area contributed by atoms with Gasteiger partial charge in [-0.25, -0.2) is 0 Å². The van der Waals surface area contributed by atoms with Crippen molar-refractivity contribution >= 4 is 13.3 Å². The first kappa shape index (κ1) is 27.4. The Kier molecular flexibility index (Phi) is 11.0. The lowest BCUT2D eigenvalue weighted by Crippen LogP contribution is -2.28. The van der Waals surface area contributed by atoms with Crippen molar-refractivity contribution < 1.29 is 18.7 Å². The third-order valence-corrected chi connectivity index (χ3v) is 8.31. The predicted octanol–water partition coefficient (Wildman–Crippen LogP) is 7.69. The minimum Gasteiger partial charge on any atom is -0.507 e. The molecule has 2 rings (SSSR count). The van der Waals surface area contributed by atoms with E-state index >= 15 is 0 Å². The van der Waals surface area contributed by atoms with Crippen LogP contribution >= 0.6 is 7.60 Å². The lowest BCUT2D eigenvalue weighted by molar-refractivity contribution is 0.220. The topological polar surface area (TPSA) is 59.0 Å². The molecule has 33 heavy (non-hydrogen) atoms. The fourth-order valence-corrected chi connectivity index (χ4v) is 5.70. The normalized spacial score (nSPS) is 13.6. The first-order valence-electron chi connectivity index (χ1n) is 12.3. The van der Waals surface area contributed by atoms with Crippen molar-refractivity contribution in [3.05, 3.63) is 59.2 Å². The summed E-state index contributed by atoms with van der Waals surface area (Å²) in [5, 5.41) is 11.1. The molecule has 0 aliphatic rings. The van der Waals surface area contributed by atoms with Gasteiger partial charge in [0.15, 0.2) is 0 Å². The van der Waals surface area contributed by atoms with E-state index in [9.17, 15) is 9.67 Å². The van der Waals surface area contributed by atoms with Crippen molar-refractivity contribution in [3.63, 3.8) is 0 Å². The van der Waals surface area contributed by atoms with E-state index in [1.54, 1.807) is 0 Å². The number of benzene rings is 2. The van der Waals surface area contributed by atoms with Gasteiger partial charge in [0.05, 0.1) is 13.2 Å².